The predicted octanol–water partition coefficient (Wildman–Crippen LogP) is 3.26. The minimum atomic E-state index is -3.52. The van der Waals surface area contributed by atoms with E-state index in [2.05, 4.69) is 36.0 Å². The molecule has 0 bridgehead atoms. The summed E-state index contributed by atoms with van der Waals surface area (Å²) >= 11 is 0. The number of benzene rings is 1. The average molecular weight is 502 g/mol. The van der Waals surface area contributed by atoms with Gasteiger partial charge >= 0.3 is 0 Å². The maximum atomic E-state index is 13.7. The molecule has 188 valence electrons. The van der Waals surface area contributed by atoms with Gasteiger partial charge in [-0.3, -0.25) is 23.7 Å². The Morgan fingerprint density at radius 2 is 1.94 bits per heavy atom. The van der Waals surface area contributed by atoms with E-state index in [1.165, 1.54) is 25.3 Å². The van der Waals surface area contributed by atoms with Crippen LogP contribution in [0.4, 0.5) is 11.4 Å². The van der Waals surface area contributed by atoms with Crippen molar-refractivity contribution in [3.8, 4) is 0 Å². The molecule has 2 heterocycles. The van der Waals surface area contributed by atoms with Crippen LogP contribution in [-0.2, 0) is 21.4 Å². The molecule has 0 spiro atoms. The third-order valence-electron chi connectivity index (χ3n) is 5.39. The zero-order chi connectivity index (χ0) is 26.0. The summed E-state index contributed by atoms with van der Waals surface area (Å²) in [6.45, 7) is 8.66. The molecule has 3 rings (SSSR count). The van der Waals surface area contributed by atoms with Gasteiger partial charge in [0.25, 0.3) is 5.56 Å². The number of hydrogen-bond donors (Lipinski definition) is 2. The number of carbonyl (C=O) groups excluding carboxylic acids is 1. The van der Waals surface area contributed by atoms with Crippen LogP contribution in [0, 0.1) is 12.3 Å². The van der Waals surface area contributed by atoms with Crippen molar-refractivity contribution < 1.29 is 18.0 Å². The molecule has 0 unspecified atom stereocenters. The van der Waals surface area contributed by atoms with E-state index in [0.717, 1.165) is 18.2 Å². The highest BCUT2D eigenvalue weighted by Gasteiger charge is 2.21. The zero-order valence-corrected chi connectivity index (χ0v) is 21.6. The summed E-state index contributed by atoms with van der Waals surface area (Å²) in [5.41, 5.74) is 4.90. The lowest BCUT2D eigenvalue weighted by Crippen LogP contribution is -2.37. The molecular weight excluding hydrogens is 470 g/mol. The topological polar surface area (TPSA) is 123 Å². The Morgan fingerprint density at radius 1 is 1.23 bits per heavy atom. The van der Waals surface area contributed by atoms with Gasteiger partial charge in [-0.2, -0.15) is 0 Å². The summed E-state index contributed by atoms with van der Waals surface area (Å²) in [5.74, 6) is 0.134. The van der Waals surface area contributed by atoms with Crippen LogP contribution in [-0.4, -0.2) is 43.1 Å². The first-order valence-corrected chi connectivity index (χ1v) is 12.9. The van der Waals surface area contributed by atoms with Gasteiger partial charge in [0.15, 0.2) is 12.1 Å². The van der Waals surface area contributed by atoms with Crippen LogP contribution in [0.25, 0.3) is 5.52 Å². The van der Waals surface area contributed by atoms with Crippen molar-refractivity contribution in [2.75, 3.05) is 18.1 Å². The van der Waals surface area contributed by atoms with E-state index in [0.29, 0.717) is 24.0 Å². The van der Waals surface area contributed by atoms with Gasteiger partial charge in [0.2, 0.25) is 10.0 Å². The molecule has 0 amide bonds. The van der Waals surface area contributed by atoms with Crippen LogP contribution < -0.4 is 15.8 Å². The second-order valence-electron chi connectivity index (χ2n) is 9.51. The number of sulfonamides is 1. The normalized spacial score (nSPS) is 12.7. The first-order valence-electron chi connectivity index (χ1n) is 11.0. The number of aromatic nitrogens is 2. The second-order valence-corrected chi connectivity index (χ2v) is 11.3. The van der Waals surface area contributed by atoms with Crippen molar-refractivity contribution in [3.63, 3.8) is 0 Å². The number of aryl methyl sites for hydroxylation is 2. The maximum absolute atomic E-state index is 13.7. The van der Waals surface area contributed by atoms with Crippen LogP contribution >= 0.6 is 0 Å². The number of aldehydes is 1. The number of hydrogen-bond acceptors (Lipinski definition) is 6. The Hall–Kier alpha value is -3.44. The molecule has 35 heavy (non-hydrogen) atoms. The monoisotopic (exact) mass is 501 g/mol. The lowest BCUT2D eigenvalue weighted by atomic mass is 9.92. The van der Waals surface area contributed by atoms with E-state index in [1.807, 2.05) is 29.8 Å². The molecule has 0 radical (unpaired) electrons. The van der Waals surface area contributed by atoms with Gasteiger partial charge in [0, 0.05) is 24.0 Å². The van der Waals surface area contributed by atoms with E-state index in [9.17, 15) is 18.0 Å². The highest BCUT2D eigenvalue weighted by atomic mass is 32.2. The van der Waals surface area contributed by atoms with Gasteiger partial charge in [-0.15, -0.1) is 0 Å². The third-order valence-corrected chi connectivity index (χ3v) is 6.00. The van der Waals surface area contributed by atoms with E-state index in [1.54, 1.807) is 4.68 Å². The molecule has 11 heteroatoms. The number of hydroxylamine groups is 1. The van der Waals surface area contributed by atoms with Crippen molar-refractivity contribution in [2.24, 2.45) is 10.4 Å². The fourth-order valence-electron chi connectivity index (χ4n) is 3.70. The number of carbonyl (C=O) groups is 1. The molecule has 10 nitrogen and oxygen atoms in total. The fourth-order valence-corrected chi connectivity index (χ4v) is 4.25. The van der Waals surface area contributed by atoms with Gasteiger partial charge in [-0.05, 0) is 54.7 Å². The van der Waals surface area contributed by atoms with Crippen LogP contribution in [0.1, 0.15) is 48.7 Å². The smallest absolute Gasteiger partial charge is 0.276 e. The minimum Gasteiger partial charge on any atom is -0.298 e. The first-order chi connectivity index (χ1) is 16.3. The van der Waals surface area contributed by atoms with Gasteiger partial charge in [-0.25, -0.2) is 23.6 Å². The lowest BCUT2D eigenvalue weighted by molar-refractivity contribution is 0.112. The minimum absolute atomic E-state index is 0.0201. The Kier molecular flexibility index (Phi) is 7.51. The molecule has 0 aliphatic heterocycles. The molecule has 2 aromatic heterocycles. The van der Waals surface area contributed by atoms with Gasteiger partial charge < -0.3 is 0 Å². The first kappa shape index (κ1) is 26.2. The highest BCUT2D eigenvalue weighted by Crippen LogP contribution is 2.25. The van der Waals surface area contributed by atoms with Crippen LogP contribution in [0.5, 0.6) is 0 Å². The molecule has 0 aliphatic carbocycles. The Morgan fingerprint density at radius 3 is 2.54 bits per heavy atom. The van der Waals surface area contributed by atoms with Crippen molar-refractivity contribution in [3.05, 3.63) is 63.6 Å². The summed E-state index contributed by atoms with van der Waals surface area (Å²) in [6.07, 6.45) is 4.21. The number of rotatable bonds is 8. The number of nitrogens with zero attached hydrogens (tertiary/aromatic N) is 3. The standard InChI is InChI=1S/C24H31N5O5S/c1-16-20-8-7-12-28(20)29(13-11-24(2,3)4)23(31)21(16)22(26-34-5)25-19-10-9-18(14-17(19)15-30)27-35(6,32)33/h7-10,12,14-15,27H,11,13H2,1-6H3,(H,25,26). The van der Waals surface area contributed by atoms with Crippen molar-refractivity contribution in [2.45, 2.75) is 40.7 Å². The number of anilines is 1. The van der Waals surface area contributed by atoms with E-state index in [4.69, 9.17) is 4.84 Å². The van der Waals surface area contributed by atoms with Crippen LogP contribution in [0.2, 0.25) is 0 Å². The van der Waals surface area contributed by atoms with Gasteiger partial charge in [0.1, 0.15) is 0 Å². The van der Waals surface area contributed by atoms with Crippen molar-refractivity contribution in [1.82, 2.24) is 14.7 Å². The molecule has 0 fully saturated rings. The third kappa shape index (κ3) is 6.17. The van der Waals surface area contributed by atoms with E-state index >= 15 is 0 Å². The Labute approximate surface area is 204 Å². The lowest BCUT2D eigenvalue weighted by Gasteiger charge is -2.21. The second kappa shape index (κ2) is 10.0. The molecule has 0 aliphatic rings. The number of aliphatic imine (C=N–C) groups is 1. The van der Waals surface area contributed by atoms with Gasteiger partial charge in [-0.1, -0.05) is 20.8 Å². The summed E-state index contributed by atoms with van der Waals surface area (Å²) < 4.78 is 28.9. The summed E-state index contributed by atoms with van der Waals surface area (Å²) in [5, 5.41) is 0. The Balaban J connectivity index is 2.21. The predicted molar refractivity (Wildman–Crippen MR) is 137 cm³/mol. The molecule has 0 saturated heterocycles. The van der Waals surface area contributed by atoms with E-state index in [-0.39, 0.29) is 33.7 Å². The summed E-state index contributed by atoms with van der Waals surface area (Å²) in [6, 6.07) is 8.15. The quantitative estimate of drug-likeness (QED) is 0.211. The zero-order valence-electron chi connectivity index (χ0n) is 20.7. The largest absolute Gasteiger partial charge is 0.298 e. The molecular formula is C24H31N5O5S. The van der Waals surface area contributed by atoms with E-state index < -0.39 is 10.0 Å². The number of amidine groups is 1. The highest BCUT2D eigenvalue weighted by molar-refractivity contribution is 7.92. The Bertz CT molecular complexity index is 1450. The average Bonchev–Trinajstić information content (AvgIpc) is 3.23. The number of fused-ring (bicyclic) bond motifs is 1. The van der Waals surface area contributed by atoms with Crippen LogP contribution in [0.15, 0.2) is 46.3 Å². The molecule has 0 saturated carbocycles. The number of nitrogens with one attached hydrogen (secondary N) is 2. The summed E-state index contributed by atoms with van der Waals surface area (Å²) in [7, 11) is -2.12. The van der Waals surface area contributed by atoms with Gasteiger partial charge in [0.05, 0.1) is 30.1 Å². The maximum Gasteiger partial charge on any atom is 0.276 e. The summed E-state index contributed by atoms with van der Waals surface area (Å²) in [4.78, 5) is 35.1. The van der Waals surface area contributed by atoms with Crippen molar-refractivity contribution >= 4 is 39.0 Å². The molecule has 3 aromatic rings. The van der Waals surface area contributed by atoms with Crippen molar-refractivity contribution in [1.29, 1.82) is 0 Å². The molecule has 1 aromatic carbocycles. The SMILES string of the molecule is CONC(=Nc1ccc(NS(C)(=O)=O)cc1C=O)c1c(C)c2cccn2n(CCC(C)(C)C)c1=O. The van der Waals surface area contributed by atoms with Crippen LogP contribution in [0.3, 0.4) is 0 Å². The molecule has 2 N–H and O–H groups in total. The molecule has 0 atom stereocenters. The fraction of sp³-hybridized carbons (Fsp3) is 0.375.